The second kappa shape index (κ2) is 5.88. The van der Waals surface area contributed by atoms with E-state index in [2.05, 4.69) is 5.32 Å². The van der Waals surface area contributed by atoms with Gasteiger partial charge in [0.25, 0.3) is 5.79 Å². The van der Waals surface area contributed by atoms with E-state index >= 15 is 0 Å². The fourth-order valence-corrected chi connectivity index (χ4v) is 1.90. The van der Waals surface area contributed by atoms with Gasteiger partial charge >= 0.3 is 17.9 Å². The van der Waals surface area contributed by atoms with Gasteiger partial charge in [-0.05, 0) is 5.56 Å². The van der Waals surface area contributed by atoms with Crippen molar-refractivity contribution in [2.45, 2.75) is 25.7 Å². The van der Waals surface area contributed by atoms with Crippen molar-refractivity contribution in [3.8, 4) is 0 Å². The summed E-state index contributed by atoms with van der Waals surface area (Å²) in [5.74, 6) is -4.23. The zero-order valence-electron chi connectivity index (χ0n) is 12.0. The Labute approximate surface area is 126 Å². The Kier molecular flexibility index (Phi) is 4.16. The van der Waals surface area contributed by atoms with Crippen molar-refractivity contribution in [2.75, 3.05) is 0 Å². The van der Waals surface area contributed by atoms with Crippen LogP contribution in [-0.2, 0) is 23.9 Å². The molecule has 22 heavy (non-hydrogen) atoms. The lowest BCUT2D eigenvalue weighted by Crippen LogP contribution is -2.42. The molecule has 2 rings (SSSR count). The molecule has 0 radical (unpaired) electrons. The third kappa shape index (κ3) is 3.43. The maximum atomic E-state index is 11.8. The Balaban J connectivity index is 2.20. The highest BCUT2D eigenvalue weighted by Crippen LogP contribution is 2.22. The second-order valence-corrected chi connectivity index (χ2v) is 5.09. The SMILES string of the molecule is CC1(C)OC(=O)C(=CN[C@@H](C(=O)O)c2ccccc2)C(=O)O1. The van der Waals surface area contributed by atoms with E-state index in [1.54, 1.807) is 30.3 Å². The highest BCUT2D eigenvalue weighted by Gasteiger charge is 2.39. The molecule has 2 N–H and O–H groups in total. The van der Waals surface area contributed by atoms with Gasteiger partial charge < -0.3 is 19.9 Å². The van der Waals surface area contributed by atoms with Crippen molar-refractivity contribution in [1.82, 2.24) is 5.32 Å². The Hall–Kier alpha value is -2.83. The van der Waals surface area contributed by atoms with Crippen LogP contribution in [0.5, 0.6) is 0 Å². The van der Waals surface area contributed by atoms with E-state index < -0.39 is 29.7 Å². The second-order valence-electron chi connectivity index (χ2n) is 5.09. The number of aliphatic carboxylic acids is 1. The first-order valence-corrected chi connectivity index (χ1v) is 6.51. The van der Waals surface area contributed by atoms with E-state index in [0.717, 1.165) is 6.20 Å². The fraction of sp³-hybridized carbons (Fsp3) is 0.267. The van der Waals surface area contributed by atoms with E-state index in [-0.39, 0.29) is 5.57 Å². The van der Waals surface area contributed by atoms with Crippen LogP contribution < -0.4 is 5.32 Å². The molecule has 0 unspecified atom stereocenters. The Bertz CT molecular complexity index is 613. The zero-order valence-corrected chi connectivity index (χ0v) is 12.0. The number of carbonyl (C=O) groups excluding carboxylic acids is 2. The molecule has 1 aliphatic heterocycles. The summed E-state index contributed by atoms with van der Waals surface area (Å²) in [5, 5.41) is 11.8. The molecule has 1 fully saturated rings. The number of benzene rings is 1. The maximum Gasteiger partial charge on any atom is 0.350 e. The predicted octanol–water partition coefficient (Wildman–Crippen LogP) is 1.12. The average Bonchev–Trinajstić information content (AvgIpc) is 2.41. The number of carbonyl (C=O) groups is 3. The molecule has 7 heteroatoms. The van der Waals surface area contributed by atoms with Crippen molar-refractivity contribution in [2.24, 2.45) is 0 Å². The summed E-state index contributed by atoms with van der Waals surface area (Å²) in [7, 11) is 0. The van der Waals surface area contributed by atoms with Crippen LogP contribution in [0.3, 0.4) is 0 Å². The van der Waals surface area contributed by atoms with Crippen LogP contribution >= 0.6 is 0 Å². The van der Waals surface area contributed by atoms with E-state index in [0.29, 0.717) is 5.56 Å². The minimum Gasteiger partial charge on any atom is -0.479 e. The Morgan fingerprint density at radius 3 is 2.23 bits per heavy atom. The summed E-state index contributed by atoms with van der Waals surface area (Å²) >= 11 is 0. The molecule has 1 heterocycles. The summed E-state index contributed by atoms with van der Waals surface area (Å²) in [4.78, 5) is 34.8. The maximum absolute atomic E-state index is 11.8. The largest absolute Gasteiger partial charge is 0.479 e. The summed E-state index contributed by atoms with van der Waals surface area (Å²) in [5.41, 5.74) is 0.0891. The molecule has 0 aromatic heterocycles. The minimum atomic E-state index is -1.34. The lowest BCUT2D eigenvalue weighted by atomic mass is 10.1. The van der Waals surface area contributed by atoms with Gasteiger partial charge in [0.1, 0.15) is 6.04 Å². The van der Waals surface area contributed by atoms with Crippen LogP contribution in [0.4, 0.5) is 0 Å². The van der Waals surface area contributed by atoms with Gasteiger partial charge in [0.15, 0.2) is 5.57 Å². The van der Waals surface area contributed by atoms with Crippen LogP contribution in [0, 0.1) is 0 Å². The molecule has 0 saturated carbocycles. The monoisotopic (exact) mass is 305 g/mol. The van der Waals surface area contributed by atoms with Crippen molar-refractivity contribution in [3.63, 3.8) is 0 Å². The number of esters is 2. The van der Waals surface area contributed by atoms with Gasteiger partial charge in [-0.15, -0.1) is 0 Å². The van der Waals surface area contributed by atoms with Gasteiger partial charge in [-0.3, -0.25) is 0 Å². The van der Waals surface area contributed by atoms with Crippen LogP contribution in [0.15, 0.2) is 42.1 Å². The molecule has 7 nitrogen and oxygen atoms in total. The fourth-order valence-electron chi connectivity index (χ4n) is 1.90. The van der Waals surface area contributed by atoms with Crippen LogP contribution in [0.2, 0.25) is 0 Å². The first-order chi connectivity index (χ1) is 10.3. The number of rotatable bonds is 4. The number of hydrogen-bond acceptors (Lipinski definition) is 6. The molecule has 1 aromatic rings. The topological polar surface area (TPSA) is 102 Å². The van der Waals surface area contributed by atoms with Crippen molar-refractivity contribution >= 4 is 17.9 Å². The van der Waals surface area contributed by atoms with E-state index in [9.17, 15) is 19.5 Å². The third-order valence-electron chi connectivity index (χ3n) is 2.89. The normalized spacial score (nSPS) is 18.0. The Morgan fingerprint density at radius 2 is 1.73 bits per heavy atom. The van der Waals surface area contributed by atoms with Gasteiger partial charge in [-0.25, -0.2) is 14.4 Å². The quantitative estimate of drug-likeness (QED) is 0.488. The van der Waals surface area contributed by atoms with Gasteiger partial charge in [-0.1, -0.05) is 30.3 Å². The molecular weight excluding hydrogens is 290 g/mol. The zero-order chi connectivity index (χ0) is 16.3. The van der Waals surface area contributed by atoms with Crippen LogP contribution in [-0.4, -0.2) is 28.8 Å². The van der Waals surface area contributed by atoms with Gasteiger partial charge in [0.2, 0.25) is 0 Å². The molecule has 1 atom stereocenters. The van der Waals surface area contributed by atoms with E-state index in [1.807, 2.05) is 0 Å². The third-order valence-corrected chi connectivity index (χ3v) is 2.89. The molecule has 0 aliphatic carbocycles. The lowest BCUT2D eigenvalue weighted by molar-refractivity contribution is -0.222. The highest BCUT2D eigenvalue weighted by atomic mass is 16.7. The van der Waals surface area contributed by atoms with Crippen molar-refractivity contribution in [3.05, 3.63) is 47.7 Å². The minimum absolute atomic E-state index is 0.387. The van der Waals surface area contributed by atoms with Crippen molar-refractivity contribution in [1.29, 1.82) is 0 Å². The van der Waals surface area contributed by atoms with Crippen molar-refractivity contribution < 1.29 is 29.0 Å². The first-order valence-electron chi connectivity index (χ1n) is 6.51. The number of carboxylic acids is 1. The predicted molar refractivity (Wildman–Crippen MR) is 74.3 cm³/mol. The first kappa shape index (κ1) is 15.6. The van der Waals surface area contributed by atoms with Crippen LogP contribution in [0.1, 0.15) is 25.5 Å². The molecule has 1 saturated heterocycles. The van der Waals surface area contributed by atoms with Crippen LogP contribution in [0.25, 0.3) is 0 Å². The molecule has 0 bridgehead atoms. The molecule has 116 valence electrons. The lowest BCUT2D eigenvalue weighted by Gasteiger charge is -2.29. The molecule has 0 amide bonds. The Morgan fingerprint density at radius 1 is 1.18 bits per heavy atom. The molecule has 1 aliphatic rings. The smallest absolute Gasteiger partial charge is 0.350 e. The number of nitrogens with one attached hydrogen (secondary N) is 1. The van der Waals surface area contributed by atoms with E-state index in [1.165, 1.54) is 13.8 Å². The highest BCUT2D eigenvalue weighted by molar-refractivity contribution is 6.15. The molecule has 0 spiro atoms. The molecular formula is C15H15NO6. The standard InChI is InChI=1S/C15H15NO6/c1-15(2)21-13(19)10(14(20)22-15)8-16-11(12(17)18)9-6-4-3-5-7-9/h3-8,11,16H,1-2H3,(H,17,18)/t11-/m1/s1. The summed E-state index contributed by atoms with van der Waals surface area (Å²) in [6.45, 7) is 2.86. The number of hydrogen-bond donors (Lipinski definition) is 2. The van der Waals surface area contributed by atoms with E-state index in [4.69, 9.17) is 9.47 Å². The number of ether oxygens (including phenoxy) is 2. The summed E-state index contributed by atoms with van der Waals surface area (Å²) in [6, 6.07) is 7.25. The van der Waals surface area contributed by atoms with Gasteiger partial charge in [0, 0.05) is 20.0 Å². The summed E-state index contributed by atoms with van der Waals surface area (Å²) < 4.78 is 9.83. The summed E-state index contributed by atoms with van der Waals surface area (Å²) in [6.07, 6.45) is 1.01. The molecule has 1 aromatic carbocycles. The number of cyclic esters (lactones) is 2. The average molecular weight is 305 g/mol. The van der Waals surface area contributed by atoms with Gasteiger partial charge in [-0.2, -0.15) is 0 Å². The van der Waals surface area contributed by atoms with Gasteiger partial charge in [0.05, 0.1) is 0 Å². The number of carboxylic acid groups (broad SMARTS) is 1.